The van der Waals surface area contributed by atoms with E-state index < -0.39 is 29.3 Å². The molecule has 3 aromatic rings. The van der Waals surface area contributed by atoms with Crippen LogP contribution < -0.4 is 5.32 Å². The van der Waals surface area contributed by atoms with Crippen molar-refractivity contribution < 1.29 is 22.4 Å². The Morgan fingerprint density at radius 3 is 2.43 bits per heavy atom. The normalized spacial score (nSPS) is 11.7. The fourth-order valence-corrected chi connectivity index (χ4v) is 2.78. The van der Waals surface area contributed by atoms with Crippen LogP contribution in [0.15, 0.2) is 48.5 Å². The first-order valence-corrected chi connectivity index (χ1v) is 8.99. The van der Waals surface area contributed by atoms with Gasteiger partial charge in [0.2, 0.25) is 0 Å². The van der Waals surface area contributed by atoms with Crippen molar-refractivity contribution in [3.63, 3.8) is 0 Å². The van der Waals surface area contributed by atoms with Crippen molar-refractivity contribution in [3.8, 4) is 5.69 Å². The van der Waals surface area contributed by atoms with Crippen LogP contribution in [0.4, 0.5) is 23.2 Å². The Kier molecular flexibility index (Phi) is 6.16. The van der Waals surface area contributed by atoms with Crippen LogP contribution in [0.5, 0.6) is 0 Å². The molecule has 0 aliphatic heterocycles. The maximum Gasteiger partial charge on any atom is 0.435 e. The molecule has 0 atom stereocenters. The zero-order valence-electron chi connectivity index (χ0n) is 16.2. The molecular formula is C20H19F4N5O. The Balaban J connectivity index is 1.86. The van der Waals surface area contributed by atoms with Crippen molar-refractivity contribution in [3.05, 3.63) is 71.3 Å². The summed E-state index contributed by atoms with van der Waals surface area (Å²) in [4.78, 5) is 14.5. The highest BCUT2D eigenvalue weighted by atomic mass is 19.4. The zero-order valence-corrected chi connectivity index (χ0v) is 16.2. The summed E-state index contributed by atoms with van der Waals surface area (Å²) in [5, 5.41) is 9.23. The minimum Gasteiger partial charge on any atom is -0.321 e. The number of amides is 1. The van der Waals surface area contributed by atoms with Crippen molar-refractivity contribution >= 4 is 11.6 Å². The molecule has 0 bridgehead atoms. The Labute approximate surface area is 170 Å². The zero-order chi connectivity index (χ0) is 21.9. The summed E-state index contributed by atoms with van der Waals surface area (Å²) in [6.45, 7) is 0.837. The van der Waals surface area contributed by atoms with Gasteiger partial charge in [0.25, 0.3) is 5.91 Å². The number of aromatic nitrogens is 3. The van der Waals surface area contributed by atoms with Crippen LogP contribution >= 0.6 is 0 Å². The molecule has 0 radical (unpaired) electrons. The van der Waals surface area contributed by atoms with E-state index in [0.717, 1.165) is 30.7 Å². The monoisotopic (exact) mass is 421 g/mol. The molecule has 1 amide bonds. The van der Waals surface area contributed by atoms with E-state index in [1.54, 1.807) is 24.3 Å². The summed E-state index contributed by atoms with van der Waals surface area (Å²) in [7, 11) is 3.90. The fraction of sp³-hybridized carbons (Fsp3) is 0.250. The molecule has 30 heavy (non-hydrogen) atoms. The number of nitrogens with one attached hydrogen (secondary N) is 1. The smallest absolute Gasteiger partial charge is 0.321 e. The summed E-state index contributed by atoms with van der Waals surface area (Å²) in [6.07, 6.45) is -4.14. The topological polar surface area (TPSA) is 63.1 Å². The van der Waals surface area contributed by atoms with Gasteiger partial charge in [0, 0.05) is 12.2 Å². The molecule has 0 saturated heterocycles. The number of carbonyl (C=O) groups is 1. The van der Waals surface area contributed by atoms with Gasteiger partial charge >= 0.3 is 6.18 Å². The van der Waals surface area contributed by atoms with Crippen LogP contribution in [0.2, 0.25) is 0 Å². The second kappa shape index (κ2) is 8.62. The van der Waals surface area contributed by atoms with Gasteiger partial charge in [-0.15, -0.1) is 5.10 Å². The lowest BCUT2D eigenvalue weighted by Crippen LogP contribution is -2.21. The molecule has 1 heterocycles. The van der Waals surface area contributed by atoms with Crippen LogP contribution in [0.3, 0.4) is 0 Å². The Bertz CT molecular complexity index is 1030. The number of halogens is 4. The molecule has 0 aliphatic rings. The number of hydrogen-bond donors (Lipinski definition) is 1. The third-order valence-electron chi connectivity index (χ3n) is 4.27. The quantitative estimate of drug-likeness (QED) is 0.616. The standard InChI is InChI=1S/C20H19F4N5O/c1-28(2)11-10-13-6-8-15(9-7-13)25-19(30)17-18(20(22,23)24)29(27-26-17)16-5-3-4-14(21)12-16/h3-9,12H,10-11H2,1-2H3,(H,25,30). The molecule has 0 unspecified atom stereocenters. The summed E-state index contributed by atoms with van der Waals surface area (Å²) in [6, 6.07) is 11.2. The SMILES string of the molecule is CN(C)CCc1ccc(NC(=O)c2nnn(-c3cccc(F)c3)c2C(F)(F)F)cc1. The second-order valence-electron chi connectivity index (χ2n) is 6.88. The summed E-state index contributed by atoms with van der Waals surface area (Å²) < 4.78 is 54.8. The summed E-state index contributed by atoms with van der Waals surface area (Å²) >= 11 is 0. The highest BCUT2D eigenvalue weighted by Gasteiger charge is 2.42. The van der Waals surface area contributed by atoms with Gasteiger partial charge in [-0.2, -0.15) is 13.2 Å². The molecule has 3 rings (SSSR count). The van der Waals surface area contributed by atoms with Crippen molar-refractivity contribution in [1.82, 2.24) is 19.9 Å². The largest absolute Gasteiger partial charge is 0.435 e. The number of hydrogen-bond acceptors (Lipinski definition) is 4. The van der Waals surface area contributed by atoms with Crippen molar-refractivity contribution in [2.75, 3.05) is 26.0 Å². The summed E-state index contributed by atoms with van der Waals surface area (Å²) in [5.74, 6) is -1.80. The first-order chi connectivity index (χ1) is 14.1. The molecule has 0 fully saturated rings. The predicted molar refractivity (Wildman–Crippen MR) is 103 cm³/mol. The Morgan fingerprint density at radius 2 is 1.83 bits per heavy atom. The highest BCUT2D eigenvalue weighted by Crippen LogP contribution is 2.33. The number of alkyl halides is 3. The number of anilines is 1. The van der Waals surface area contributed by atoms with Gasteiger partial charge in [-0.05, 0) is 56.4 Å². The van der Waals surface area contributed by atoms with Crippen LogP contribution in [-0.4, -0.2) is 46.4 Å². The third kappa shape index (κ3) is 5.01. The van der Waals surface area contributed by atoms with Gasteiger partial charge in [-0.3, -0.25) is 4.79 Å². The molecule has 0 aliphatic carbocycles. The van der Waals surface area contributed by atoms with Crippen LogP contribution in [0, 0.1) is 5.82 Å². The average Bonchev–Trinajstić information content (AvgIpc) is 3.13. The van der Waals surface area contributed by atoms with Crippen molar-refractivity contribution in [2.45, 2.75) is 12.6 Å². The van der Waals surface area contributed by atoms with E-state index in [2.05, 4.69) is 15.6 Å². The third-order valence-corrected chi connectivity index (χ3v) is 4.27. The number of likely N-dealkylation sites (N-methyl/N-ethyl adjacent to an activating group) is 1. The van der Waals surface area contributed by atoms with Gasteiger partial charge in [-0.1, -0.05) is 23.4 Å². The van der Waals surface area contributed by atoms with E-state index in [1.165, 1.54) is 12.1 Å². The number of carbonyl (C=O) groups excluding carboxylic acids is 1. The molecule has 10 heteroatoms. The predicted octanol–water partition coefficient (Wildman–Crippen LogP) is 3.78. The lowest BCUT2D eigenvalue weighted by atomic mass is 10.1. The van der Waals surface area contributed by atoms with Crippen LogP contribution in [0.25, 0.3) is 5.69 Å². The molecule has 6 nitrogen and oxygen atoms in total. The first kappa shape index (κ1) is 21.4. The highest BCUT2D eigenvalue weighted by molar-refractivity contribution is 6.03. The molecule has 2 aromatic carbocycles. The lowest BCUT2D eigenvalue weighted by Gasteiger charge is -2.12. The van der Waals surface area contributed by atoms with E-state index >= 15 is 0 Å². The van der Waals surface area contributed by atoms with Crippen LogP contribution in [0.1, 0.15) is 21.7 Å². The van der Waals surface area contributed by atoms with Gasteiger partial charge in [-0.25, -0.2) is 9.07 Å². The van der Waals surface area contributed by atoms with Crippen LogP contribution in [-0.2, 0) is 12.6 Å². The van der Waals surface area contributed by atoms with Gasteiger partial charge in [0.05, 0.1) is 5.69 Å². The molecule has 158 valence electrons. The minimum absolute atomic E-state index is 0.195. The van der Waals surface area contributed by atoms with E-state index in [-0.39, 0.29) is 5.69 Å². The second-order valence-corrected chi connectivity index (χ2v) is 6.88. The Morgan fingerprint density at radius 1 is 1.13 bits per heavy atom. The first-order valence-electron chi connectivity index (χ1n) is 8.99. The lowest BCUT2D eigenvalue weighted by molar-refractivity contribution is -0.143. The maximum absolute atomic E-state index is 13.7. The van der Waals surface area contributed by atoms with Gasteiger partial charge in [0.15, 0.2) is 11.4 Å². The van der Waals surface area contributed by atoms with E-state index in [9.17, 15) is 22.4 Å². The Hall–Kier alpha value is -3.27. The van der Waals surface area contributed by atoms with Gasteiger partial charge in [0.1, 0.15) is 5.82 Å². The fourth-order valence-electron chi connectivity index (χ4n) is 2.78. The molecule has 0 spiro atoms. The molecule has 1 aromatic heterocycles. The van der Waals surface area contributed by atoms with Gasteiger partial charge < -0.3 is 10.2 Å². The van der Waals surface area contributed by atoms with E-state index in [4.69, 9.17) is 0 Å². The number of rotatable bonds is 6. The average molecular weight is 421 g/mol. The maximum atomic E-state index is 13.7. The van der Waals surface area contributed by atoms with E-state index in [0.29, 0.717) is 10.4 Å². The molecular weight excluding hydrogens is 402 g/mol. The minimum atomic E-state index is -4.93. The number of nitrogens with zero attached hydrogens (tertiary/aromatic N) is 4. The van der Waals surface area contributed by atoms with Crippen molar-refractivity contribution in [2.24, 2.45) is 0 Å². The molecule has 1 N–H and O–H groups in total. The molecule has 0 saturated carbocycles. The van der Waals surface area contributed by atoms with E-state index in [1.807, 2.05) is 19.0 Å². The van der Waals surface area contributed by atoms with Crippen molar-refractivity contribution in [1.29, 1.82) is 0 Å². The summed E-state index contributed by atoms with van der Waals surface area (Å²) in [5.41, 5.74) is -1.13. The number of benzene rings is 2.